The minimum absolute atomic E-state index is 0. The molecule has 6 aromatic rings. The lowest BCUT2D eigenvalue weighted by atomic mass is 9.85. The first-order valence-electron chi connectivity index (χ1n) is 18.9. The van der Waals surface area contributed by atoms with E-state index in [1.165, 1.54) is 11.4 Å². The molecule has 8 rings (SSSR count). The van der Waals surface area contributed by atoms with Gasteiger partial charge in [0, 0.05) is 110 Å². The number of anilines is 2. The fourth-order valence-electron chi connectivity index (χ4n) is 8.65. The number of rotatable bonds is 10. The third kappa shape index (κ3) is 7.01. The molecular formula is C46H49ClN6O. The van der Waals surface area contributed by atoms with Gasteiger partial charge in [0.05, 0.1) is 0 Å². The molecule has 7 nitrogen and oxygen atoms in total. The number of hydrogen-bond donors (Lipinski definition) is 0. The SMILES string of the molecule is CC1CN(c2ccncc2)CCN1C(OC(c1ccccc1)(c1ccccc1)N1CCN(c2ccncc2)CC1C)(c1ccccc1)c1ccccc1.Cl. The van der Waals surface area contributed by atoms with Crippen LogP contribution in [0.1, 0.15) is 36.1 Å². The molecular weight excluding hydrogens is 688 g/mol. The lowest BCUT2D eigenvalue weighted by Gasteiger charge is -2.58. The highest BCUT2D eigenvalue weighted by Crippen LogP contribution is 2.50. The molecule has 0 aliphatic carbocycles. The van der Waals surface area contributed by atoms with Crippen molar-refractivity contribution in [2.75, 3.05) is 49.1 Å². The molecule has 276 valence electrons. The Morgan fingerprint density at radius 1 is 0.444 bits per heavy atom. The minimum Gasteiger partial charge on any atom is -0.369 e. The smallest absolute Gasteiger partial charge is 0.177 e. The average Bonchev–Trinajstić information content (AvgIpc) is 3.24. The maximum absolute atomic E-state index is 8.47. The van der Waals surface area contributed by atoms with E-state index in [2.05, 4.69) is 189 Å². The summed E-state index contributed by atoms with van der Waals surface area (Å²) in [4.78, 5) is 18.8. The number of hydrogen-bond acceptors (Lipinski definition) is 7. The van der Waals surface area contributed by atoms with Gasteiger partial charge in [0.15, 0.2) is 11.4 Å². The van der Waals surface area contributed by atoms with E-state index in [0.29, 0.717) is 0 Å². The van der Waals surface area contributed by atoms with Crippen LogP contribution in [0.25, 0.3) is 0 Å². The lowest BCUT2D eigenvalue weighted by Crippen LogP contribution is -2.67. The van der Waals surface area contributed by atoms with E-state index in [1.54, 1.807) is 0 Å². The second-order valence-corrected chi connectivity index (χ2v) is 14.2. The van der Waals surface area contributed by atoms with E-state index >= 15 is 0 Å². The molecule has 0 N–H and O–H groups in total. The van der Waals surface area contributed by atoms with Crippen molar-refractivity contribution < 1.29 is 4.74 Å². The fourth-order valence-corrected chi connectivity index (χ4v) is 8.65. The van der Waals surface area contributed by atoms with E-state index in [9.17, 15) is 0 Å². The summed E-state index contributed by atoms with van der Waals surface area (Å²) in [6.07, 6.45) is 7.55. The molecule has 0 radical (unpaired) electrons. The highest BCUT2D eigenvalue weighted by Gasteiger charge is 2.55. The molecule has 54 heavy (non-hydrogen) atoms. The van der Waals surface area contributed by atoms with Crippen LogP contribution in [0.4, 0.5) is 11.4 Å². The van der Waals surface area contributed by atoms with Crippen LogP contribution in [0.5, 0.6) is 0 Å². The first-order valence-corrected chi connectivity index (χ1v) is 18.9. The van der Waals surface area contributed by atoms with Crippen molar-refractivity contribution in [3.8, 4) is 0 Å². The highest BCUT2D eigenvalue weighted by atomic mass is 35.5. The predicted molar refractivity (Wildman–Crippen MR) is 221 cm³/mol. The first kappa shape index (κ1) is 37.3. The van der Waals surface area contributed by atoms with Crippen molar-refractivity contribution in [3.05, 3.63) is 193 Å². The summed E-state index contributed by atoms with van der Waals surface area (Å²) in [6, 6.07) is 52.3. The van der Waals surface area contributed by atoms with Gasteiger partial charge in [-0.2, -0.15) is 0 Å². The Kier molecular flexibility index (Phi) is 11.4. The largest absolute Gasteiger partial charge is 0.369 e. The van der Waals surface area contributed by atoms with E-state index in [0.717, 1.165) is 61.5 Å². The molecule has 0 amide bonds. The van der Waals surface area contributed by atoms with E-state index in [4.69, 9.17) is 4.74 Å². The molecule has 2 saturated heterocycles. The Bertz CT molecular complexity index is 1800. The standard InChI is InChI=1S/C46H48N6O.ClH/c1-37-35-49(43-23-27-47-28-24-43)31-33-51(37)45(39-15-7-3-8-16-39,40-17-9-4-10-18-40)53-46(41-19-11-5-12-20-41,42-21-13-6-14-22-42)52-34-32-50(36-38(52)2)44-25-29-48-30-26-44;/h3-30,37-38H,31-36H2,1-2H3;1H. The summed E-state index contributed by atoms with van der Waals surface area (Å²) in [5.74, 6) is 0. The second kappa shape index (κ2) is 16.5. The van der Waals surface area contributed by atoms with Crippen LogP contribution >= 0.6 is 12.4 Å². The molecule has 2 fully saturated rings. The van der Waals surface area contributed by atoms with E-state index in [1.807, 2.05) is 24.8 Å². The van der Waals surface area contributed by atoms with E-state index < -0.39 is 11.4 Å². The molecule has 0 spiro atoms. The maximum Gasteiger partial charge on any atom is 0.177 e. The molecule has 4 aromatic carbocycles. The third-order valence-electron chi connectivity index (χ3n) is 11.1. The maximum atomic E-state index is 8.47. The molecule has 0 bridgehead atoms. The Labute approximate surface area is 326 Å². The number of aromatic nitrogens is 2. The van der Waals surface area contributed by atoms with Crippen LogP contribution in [0.15, 0.2) is 170 Å². The van der Waals surface area contributed by atoms with Gasteiger partial charge in [0.1, 0.15) is 0 Å². The molecule has 2 aromatic heterocycles. The van der Waals surface area contributed by atoms with Gasteiger partial charge in [-0.25, -0.2) is 0 Å². The zero-order valence-corrected chi connectivity index (χ0v) is 31.9. The van der Waals surface area contributed by atoms with Gasteiger partial charge in [0.25, 0.3) is 0 Å². The highest BCUT2D eigenvalue weighted by molar-refractivity contribution is 5.85. The van der Waals surface area contributed by atoms with Gasteiger partial charge in [-0.15, -0.1) is 12.4 Å². The third-order valence-corrected chi connectivity index (χ3v) is 11.1. The minimum atomic E-state index is -0.972. The Hall–Kier alpha value is -5.05. The second-order valence-electron chi connectivity index (χ2n) is 14.2. The summed E-state index contributed by atoms with van der Waals surface area (Å²) in [6.45, 7) is 9.67. The number of piperazine rings is 2. The van der Waals surface area contributed by atoms with Crippen LogP contribution in [-0.2, 0) is 16.2 Å². The quantitative estimate of drug-likeness (QED) is 0.140. The Morgan fingerprint density at radius 2 is 0.741 bits per heavy atom. The van der Waals surface area contributed by atoms with Crippen molar-refractivity contribution in [2.24, 2.45) is 0 Å². The van der Waals surface area contributed by atoms with Gasteiger partial charge in [-0.1, -0.05) is 121 Å². The van der Waals surface area contributed by atoms with Crippen molar-refractivity contribution in [3.63, 3.8) is 0 Å². The summed E-state index contributed by atoms with van der Waals surface area (Å²) in [5.41, 5.74) is 4.87. The van der Waals surface area contributed by atoms with Crippen LogP contribution in [0.2, 0.25) is 0 Å². The summed E-state index contributed by atoms with van der Waals surface area (Å²) >= 11 is 0. The van der Waals surface area contributed by atoms with Gasteiger partial charge in [-0.3, -0.25) is 19.8 Å². The molecule has 2 atom stereocenters. The first-order chi connectivity index (χ1) is 26.1. The van der Waals surface area contributed by atoms with Gasteiger partial charge < -0.3 is 14.5 Å². The molecule has 8 heteroatoms. The van der Waals surface area contributed by atoms with Gasteiger partial charge in [-0.05, 0) is 38.1 Å². The normalized spacial score (nSPS) is 18.6. The zero-order chi connectivity index (χ0) is 36.1. The topological polar surface area (TPSA) is 48.0 Å². The van der Waals surface area contributed by atoms with Crippen molar-refractivity contribution >= 4 is 23.8 Å². The van der Waals surface area contributed by atoms with Crippen LogP contribution in [0, 0.1) is 0 Å². The predicted octanol–water partition coefficient (Wildman–Crippen LogP) is 8.44. The summed E-state index contributed by atoms with van der Waals surface area (Å²) in [7, 11) is 0. The van der Waals surface area contributed by atoms with Gasteiger partial charge >= 0.3 is 0 Å². The molecule has 2 unspecified atom stereocenters. The van der Waals surface area contributed by atoms with Gasteiger partial charge in [0.2, 0.25) is 0 Å². The Balaban J connectivity index is 0.00000450. The number of pyridine rings is 2. The number of benzene rings is 4. The number of nitrogens with zero attached hydrogens (tertiary/aromatic N) is 6. The van der Waals surface area contributed by atoms with E-state index in [-0.39, 0.29) is 24.5 Å². The zero-order valence-electron chi connectivity index (χ0n) is 31.1. The fraction of sp³-hybridized carbons (Fsp3) is 0.261. The van der Waals surface area contributed by atoms with Crippen LogP contribution in [0.3, 0.4) is 0 Å². The number of ether oxygens (including phenoxy) is 1. The molecule has 4 heterocycles. The molecule has 2 aliphatic heterocycles. The average molecular weight is 737 g/mol. The number of halogens is 1. The lowest BCUT2D eigenvalue weighted by molar-refractivity contribution is -0.271. The summed E-state index contributed by atoms with van der Waals surface area (Å²) < 4.78 is 8.47. The van der Waals surface area contributed by atoms with Crippen LogP contribution < -0.4 is 9.80 Å². The van der Waals surface area contributed by atoms with Crippen molar-refractivity contribution in [1.29, 1.82) is 0 Å². The molecule has 2 aliphatic rings. The summed E-state index contributed by atoms with van der Waals surface area (Å²) in [5, 5.41) is 0. The van der Waals surface area contributed by atoms with Crippen LogP contribution in [-0.4, -0.2) is 71.1 Å². The monoisotopic (exact) mass is 736 g/mol. The Morgan fingerprint density at radius 3 is 1.02 bits per heavy atom. The van der Waals surface area contributed by atoms with Crippen molar-refractivity contribution in [1.82, 2.24) is 19.8 Å². The molecule has 0 saturated carbocycles. The van der Waals surface area contributed by atoms with Crippen molar-refractivity contribution in [2.45, 2.75) is 37.4 Å².